The normalized spacial score (nSPS) is 15.7. The van der Waals surface area contributed by atoms with Crippen molar-refractivity contribution in [1.82, 2.24) is 30.0 Å². The van der Waals surface area contributed by atoms with Crippen LogP contribution in [-0.4, -0.2) is 63.3 Å². The van der Waals surface area contributed by atoms with Crippen LogP contribution in [0.2, 0.25) is 0 Å². The van der Waals surface area contributed by atoms with Gasteiger partial charge in [0.15, 0.2) is 5.65 Å². The number of piperazine rings is 1. The van der Waals surface area contributed by atoms with Crippen molar-refractivity contribution in [2.45, 2.75) is 6.04 Å². The third-order valence-corrected chi connectivity index (χ3v) is 6.75. The van der Waals surface area contributed by atoms with Gasteiger partial charge in [0.2, 0.25) is 5.91 Å². The van der Waals surface area contributed by atoms with E-state index in [0.717, 1.165) is 53.5 Å². The average molecular weight is 448 g/mol. The van der Waals surface area contributed by atoms with Crippen LogP contribution in [0, 0.1) is 0 Å². The summed E-state index contributed by atoms with van der Waals surface area (Å²) in [5.74, 6) is 0.950. The fourth-order valence-electron chi connectivity index (χ4n) is 4.15. The van der Waals surface area contributed by atoms with Gasteiger partial charge in [0.1, 0.15) is 12.1 Å². The van der Waals surface area contributed by atoms with Crippen molar-refractivity contribution >= 4 is 34.1 Å². The van der Waals surface area contributed by atoms with Gasteiger partial charge in [0.25, 0.3) is 0 Å². The number of benzene rings is 1. The topological polar surface area (TPSA) is 79.2 Å². The molecule has 3 aromatic heterocycles. The second-order valence-corrected chi connectivity index (χ2v) is 8.87. The first-order valence-electron chi connectivity index (χ1n) is 10.7. The van der Waals surface area contributed by atoms with Crippen LogP contribution in [0.1, 0.15) is 16.5 Å². The summed E-state index contributed by atoms with van der Waals surface area (Å²) in [6, 6.07) is 14.1. The molecule has 164 valence electrons. The van der Waals surface area contributed by atoms with Crippen LogP contribution in [0.25, 0.3) is 11.0 Å². The molecule has 0 bridgehead atoms. The molecule has 1 aromatic carbocycles. The number of nitrogens with one attached hydrogen (secondary N) is 1. The molecule has 1 unspecified atom stereocenters. The predicted octanol–water partition coefficient (Wildman–Crippen LogP) is 2.45. The number of hydrogen-bond acceptors (Lipinski definition) is 7. The molecule has 4 aromatic rings. The van der Waals surface area contributed by atoms with E-state index in [1.807, 2.05) is 42.9 Å². The third kappa shape index (κ3) is 4.21. The maximum Gasteiger partial charge on any atom is 0.234 e. The summed E-state index contributed by atoms with van der Waals surface area (Å²) in [6.07, 6.45) is 3.41. The number of fused-ring (bicyclic) bond motifs is 1. The highest BCUT2D eigenvalue weighted by Gasteiger charge is 2.24. The summed E-state index contributed by atoms with van der Waals surface area (Å²) < 4.78 is 1.76. The highest BCUT2D eigenvalue weighted by Crippen LogP contribution is 2.26. The monoisotopic (exact) mass is 447 g/mol. The molecule has 1 saturated heterocycles. The lowest BCUT2D eigenvalue weighted by atomic mass is 10.1. The van der Waals surface area contributed by atoms with Crippen LogP contribution in [-0.2, 0) is 11.8 Å². The van der Waals surface area contributed by atoms with Crippen molar-refractivity contribution in [3.05, 3.63) is 70.8 Å². The van der Waals surface area contributed by atoms with E-state index in [1.54, 1.807) is 22.3 Å². The number of aromatic nitrogens is 4. The molecule has 0 aliphatic carbocycles. The Morgan fingerprint density at radius 2 is 1.91 bits per heavy atom. The number of rotatable bonds is 6. The van der Waals surface area contributed by atoms with E-state index >= 15 is 0 Å². The molecule has 1 aliphatic rings. The van der Waals surface area contributed by atoms with Crippen molar-refractivity contribution < 1.29 is 4.79 Å². The number of carbonyl (C=O) groups excluding carboxylic acids is 1. The molecule has 9 heteroatoms. The number of anilines is 1. The second kappa shape index (κ2) is 9.05. The van der Waals surface area contributed by atoms with Gasteiger partial charge in [-0.2, -0.15) is 5.10 Å². The van der Waals surface area contributed by atoms with E-state index < -0.39 is 0 Å². The van der Waals surface area contributed by atoms with E-state index in [9.17, 15) is 4.79 Å². The van der Waals surface area contributed by atoms with E-state index in [4.69, 9.17) is 0 Å². The van der Waals surface area contributed by atoms with Gasteiger partial charge < -0.3 is 10.2 Å². The summed E-state index contributed by atoms with van der Waals surface area (Å²) in [5.41, 5.74) is 1.93. The standard InChI is InChI=1S/C23H25N7OS/c1-28-22-18(14-26-28)23(25-16-24-22)30-11-9-29(10-12-30)15-20(31)27-21(19-8-5-13-32-19)17-6-3-2-4-7-17/h2-8,13-14,16,21H,9-12,15H2,1H3,(H,27,31). The lowest BCUT2D eigenvalue weighted by Gasteiger charge is -2.35. The molecule has 1 N–H and O–H groups in total. The van der Waals surface area contributed by atoms with Crippen LogP contribution in [0.4, 0.5) is 5.82 Å². The maximum atomic E-state index is 12.9. The summed E-state index contributed by atoms with van der Waals surface area (Å²) in [6.45, 7) is 3.60. The van der Waals surface area contributed by atoms with E-state index in [1.165, 1.54) is 0 Å². The number of nitrogens with zero attached hydrogens (tertiary/aromatic N) is 6. The molecule has 8 nitrogen and oxygen atoms in total. The zero-order valence-corrected chi connectivity index (χ0v) is 18.7. The number of hydrogen-bond donors (Lipinski definition) is 1. The molecule has 32 heavy (non-hydrogen) atoms. The smallest absolute Gasteiger partial charge is 0.234 e. The molecule has 1 fully saturated rings. The molecular weight excluding hydrogens is 422 g/mol. The van der Waals surface area contributed by atoms with Crippen LogP contribution in [0.3, 0.4) is 0 Å². The van der Waals surface area contributed by atoms with Gasteiger partial charge in [-0.15, -0.1) is 11.3 Å². The Bertz CT molecular complexity index is 1180. The van der Waals surface area contributed by atoms with Gasteiger partial charge in [-0.1, -0.05) is 36.4 Å². The molecule has 1 atom stereocenters. The molecular formula is C23H25N7OS. The molecule has 1 aliphatic heterocycles. The molecule has 0 radical (unpaired) electrons. The second-order valence-electron chi connectivity index (χ2n) is 7.89. The van der Waals surface area contributed by atoms with Crippen molar-refractivity contribution in [1.29, 1.82) is 0 Å². The minimum Gasteiger partial charge on any atom is -0.353 e. The lowest BCUT2D eigenvalue weighted by molar-refractivity contribution is -0.122. The third-order valence-electron chi connectivity index (χ3n) is 5.81. The molecule has 4 heterocycles. The maximum absolute atomic E-state index is 12.9. The minimum absolute atomic E-state index is 0.0392. The fraction of sp³-hybridized carbons (Fsp3) is 0.304. The molecule has 0 saturated carbocycles. The Labute approximate surface area is 190 Å². The zero-order valence-electron chi connectivity index (χ0n) is 17.9. The predicted molar refractivity (Wildman–Crippen MR) is 126 cm³/mol. The first-order valence-corrected chi connectivity index (χ1v) is 11.5. The van der Waals surface area contributed by atoms with Crippen LogP contribution in [0.15, 0.2) is 60.4 Å². The summed E-state index contributed by atoms with van der Waals surface area (Å²) in [7, 11) is 1.88. The van der Waals surface area contributed by atoms with Crippen molar-refractivity contribution in [2.75, 3.05) is 37.6 Å². The SMILES string of the molecule is Cn1ncc2c(N3CCN(CC(=O)NC(c4ccccc4)c4cccs4)CC3)ncnc21. The van der Waals surface area contributed by atoms with Crippen molar-refractivity contribution in [2.24, 2.45) is 7.05 Å². The zero-order chi connectivity index (χ0) is 21.9. The largest absolute Gasteiger partial charge is 0.353 e. The number of carbonyl (C=O) groups is 1. The Balaban J connectivity index is 1.21. The average Bonchev–Trinajstić information content (AvgIpc) is 3.49. The number of thiophene rings is 1. The first-order chi connectivity index (χ1) is 15.7. The Hall–Kier alpha value is -3.30. The van der Waals surface area contributed by atoms with E-state index in [0.29, 0.717) is 6.54 Å². The van der Waals surface area contributed by atoms with E-state index in [-0.39, 0.29) is 11.9 Å². The highest BCUT2D eigenvalue weighted by molar-refractivity contribution is 7.10. The fourth-order valence-corrected chi connectivity index (χ4v) is 4.95. The van der Waals surface area contributed by atoms with Gasteiger partial charge in [-0.05, 0) is 17.0 Å². The number of amides is 1. The van der Waals surface area contributed by atoms with Gasteiger partial charge in [-0.3, -0.25) is 14.4 Å². The van der Waals surface area contributed by atoms with Crippen LogP contribution >= 0.6 is 11.3 Å². The van der Waals surface area contributed by atoms with Gasteiger partial charge >= 0.3 is 0 Å². The molecule has 1 amide bonds. The van der Waals surface area contributed by atoms with Crippen molar-refractivity contribution in [3.63, 3.8) is 0 Å². The highest BCUT2D eigenvalue weighted by atomic mass is 32.1. The summed E-state index contributed by atoms with van der Waals surface area (Å²) in [4.78, 5) is 27.3. The quantitative estimate of drug-likeness (QED) is 0.489. The Morgan fingerprint density at radius 1 is 1.09 bits per heavy atom. The van der Waals surface area contributed by atoms with Gasteiger partial charge in [0, 0.05) is 38.1 Å². The molecule has 5 rings (SSSR count). The van der Waals surface area contributed by atoms with Gasteiger partial charge in [0.05, 0.1) is 24.2 Å². The summed E-state index contributed by atoms with van der Waals surface area (Å²) in [5, 5.41) is 10.5. The van der Waals surface area contributed by atoms with E-state index in [2.05, 4.69) is 48.4 Å². The lowest BCUT2D eigenvalue weighted by Crippen LogP contribution is -2.50. The molecule has 0 spiro atoms. The Kier molecular flexibility index (Phi) is 5.83. The van der Waals surface area contributed by atoms with Gasteiger partial charge in [-0.25, -0.2) is 9.97 Å². The minimum atomic E-state index is -0.120. The summed E-state index contributed by atoms with van der Waals surface area (Å²) >= 11 is 1.66. The Morgan fingerprint density at radius 3 is 2.66 bits per heavy atom. The van der Waals surface area contributed by atoms with Crippen molar-refractivity contribution in [3.8, 4) is 0 Å². The first kappa shape index (κ1) is 20.6. The van der Waals surface area contributed by atoms with Crippen LogP contribution in [0.5, 0.6) is 0 Å². The van der Waals surface area contributed by atoms with Crippen LogP contribution < -0.4 is 10.2 Å². The number of aryl methyl sites for hydroxylation is 1.